The van der Waals surface area contributed by atoms with E-state index >= 15 is 0 Å². The number of esters is 1. The summed E-state index contributed by atoms with van der Waals surface area (Å²) in [6, 6.07) is -1.09. The summed E-state index contributed by atoms with van der Waals surface area (Å²) in [5, 5.41) is 30.8. The lowest BCUT2D eigenvalue weighted by molar-refractivity contribution is -0.258. The number of ether oxygens (including phenoxy) is 2. The largest absolute Gasteiger partial charge is 0.457 e. The number of amides is 1. The number of carbonyl (C=O) groups excluding carboxylic acids is 2. The third kappa shape index (κ3) is 3.39. The van der Waals surface area contributed by atoms with E-state index in [4.69, 9.17) is 14.6 Å². The summed E-state index contributed by atoms with van der Waals surface area (Å²) in [7, 11) is 0. The Morgan fingerprint density at radius 1 is 1.33 bits per heavy atom. The summed E-state index contributed by atoms with van der Waals surface area (Å²) in [6.07, 6.45) is -5.11. The monoisotopic (exact) mass is 263 g/mol. The van der Waals surface area contributed by atoms with Crippen molar-refractivity contribution < 1.29 is 34.4 Å². The molecule has 0 aromatic heterocycles. The minimum Gasteiger partial charge on any atom is -0.457 e. The van der Waals surface area contributed by atoms with Crippen molar-refractivity contribution in [2.24, 2.45) is 0 Å². The van der Waals surface area contributed by atoms with Gasteiger partial charge in [-0.2, -0.15) is 0 Å². The van der Waals surface area contributed by atoms with Crippen LogP contribution in [0.4, 0.5) is 0 Å². The van der Waals surface area contributed by atoms with Crippen molar-refractivity contribution in [1.82, 2.24) is 5.32 Å². The molecule has 0 saturated carbocycles. The molecule has 8 nitrogen and oxygen atoms in total. The highest BCUT2D eigenvalue weighted by Gasteiger charge is 2.46. The van der Waals surface area contributed by atoms with Crippen LogP contribution in [0.1, 0.15) is 13.8 Å². The van der Waals surface area contributed by atoms with Gasteiger partial charge >= 0.3 is 5.97 Å². The molecule has 0 aliphatic carbocycles. The van der Waals surface area contributed by atoms with Gasteiger partial charge in [0.1, 0.15) is 18.2 Å². The Morgan fingerprint density at radius 3 is 2.39 bits per heavy atom. The molecule has 1 rings (SSSR count). The van der Waals surface area contributed by atoms with Crippen LogP contribution in [0.25, 0.3) is 0 Å². The molecule has 18 heavy (non-hydrogen) atoms. The average molecular weight is 263 g/mol. The first-order chi connectivity index (χ1) is 8.36. The summed E-state index contributed by atoms with van der Waals surface area (Å²) in [4.78, 5) is 22.0. The minimum absolute atomic E-state index is 0.477. The SMILES string of the molecule is CC(=O)N[C@@H]1[C@@H](OC(C)=O)[C@H](O)[C@@H](CO)O[C@@H]1O. The lowest BCUT2D eigenvalue weighted by Gasteiger charge is -2.41. The molecular weight excluding hydrogens is 246 g/mol. The summed E-state index contributed by atoms with van der Waals surface area (Å²) in [6.45, 7) is 1.79. The Hall–Kier alpha value is -1.22. The Labute approximate surface area is 104 Å². The third-order valence-electron chi connectivity index (χ3n) is 2.54. The van der Waals surface area contributed by atoms with Crippen molar-refractivity contribution >= 4 is 11.9 Å². The van der Waals surface area contributed by atoms with Gasteiger partial charge in [-0.15, -0.1) is 0 Å². The molecule has 1 aliphatic rings. The molecule has 0 bridgehead atoms. The topological polar surface area (TPSA) is 125 Å². The predicted molar refractivity (Wildman–Crippen MR) is 57.1 cm³/mol. The quantitative estimate of drug-likeness (QED) is 0.414. The van der Waals surface area contributed by atoms with Crippen LogP contribution in [-0.4, -0.2) is 64.4 Å². The zero-order chi connectivity index (χ0) is 13.9. The molecule has 0 aromatic carbocycles. The molecule has 4 N–H and O–H groups in total. The van der Waals surface area contributed by atoms with Gasteiger partial charge in [-0.05, 0) is 0 Å². The highest BCUT2D eigenvalue weighted by molar-refractivity contribution is 5.73. The van der Waals surface area contributed by atoms with Crippen molar-refractivity contribution in [3.8, 4) is 0 Å². The van der Waals surface area contributed by atoms with Gasteiger partial charge in [-0.3, -0.25) is 9.59 Å². The fraction of sp³-hybridized carbons (Fsp3) is 0.800. The standard InChI is InChI=1S/C10H17NO7/c1-4(13)11-7-9(17-5(2)14)8(15)6(3-12)18-10(7)16/h6-10,12,15-16H,3H2,1-2H3,(H,11,13)/t6-,7-,8-,9-,10+/m1/s1. The van der Waals surface area contributed by atoms with Crippen LogP contribution in [0, 0.1) is 0 Å². The van der Waals surface area contributed by atoms with Crippen molar-refractivity contribution in [2.45, 2.75) is 44.5 Å². The van der Waals surface area contributed by atoms with Gasteiger partial charge < -0.3 is 30.1 Å². The van der Waals surface area contributed by atoms with Crippen LogP contribution in [0.5, 0.6) is 0 Å². The van der Waals surface area contributed by atoms with Crippen LogP contribution in [0.3, 0.4) is 0 Å². The molecule has 0 radical (unpaired) electrons. The first-order valence-electron chi connectivity index (χ1n) is 5.43. The first kappa shape index (κ1) is 14.8. The van der Waals surface area contributed by atoms with E-state index in [1.54, 1.807) is 0 Å². The smallest absolute Gasteiger partial charge is 0.303 e. The van der Waals surface area contributed by atoms with E-state index in [-0.39, 0.29) is 0 Å². The first-order valence-corrected chi connectivity index (χ1v) is 5.43. The molecule has 1 aliphatic heterocycles. The summed E-state index contributed by atoms with van der Waals surface area (Å²) in [5.74, 6) is -1.16. The zero-order valence-corrected chi connectivity index (χ0v) is 10.1. The number of aliphatic hydroxyl groups is 3. The van der Waals surface area contributed by atoms with Gasteiger partial charge in [-0.1, -0.05) is 0 Å². The van der Waals surface area contributed by atoms with Crippen LogP contribution in [0.15, 0.2) is 0 Å². The molecule has 5 atom stereocenters. The summed E-state index contributed by atoms with van der Waals surface area (Å²) in [5.41, 5.74) is 0. The molecule has 1 heterocycles. The van der Waals surface area contributed by atoms with Gasteiger partial charge in [0.05, 0.1) is 6.61 Å². The molecule has 8 heteroatoms. The van der Waals surface area contributed by atoms with Crippen LogP contribution in [-0.2, 0) is 19.1 Å². The predicted octanol–water partition coefficient (Wildman–Crippen LogP) is -2.51. The van der Waals surface area contributed by atoms with E-state index in [1.165, 1.54) is 6.92 Å². The molecular formula is C10H17NO7. The van der Waals surface area contributed by atoms with Crippen molar-refractivity contribution in [3.05, 3.63) is 0 Å². The molecule has 0 spiro atoms. The van der Waals surface area contributed by atoms with Crippen molar-refractivity contribution in [2.75, 3.05) is 6.61 Å². The summed E-state index contributed by atoms with van der Waals surface area (Å²) >= 11 is 0. The number of rotatable bonds is 3. The van der Waals surface area contributed by atoms with Crippen LogP contribution >= 0.6 is 0 Å². The highest BCUT2D eigenvalue weighted by atomic mass is 16.6. The van der Waals surface area contributed by atoms with Crippen LogP contribution in [0.2, 0.25) is 0 Å². The van der Waals surface area contributed by atoms with Crippen molar-refractivity contribution in [3.63, 3.8) is 0 Å². The van der Waals surface area contributed by atoms with E-state index in [9.17, 15) is 19.8 Å². The Bertz CT molecular complexity index is 321. The normalized spacial score (nSPS) is 35.9. The van der Waals surface area contributed by atoms with Gasteiger partial charge in [0, 0.05) is 13.8 Å². The fourth-order valence-corrected chi connectivity index (χ4v) is 1.80. The lowest BCUT2D eigenvalue weighted by atomic mass is 9.96. The average Bonchev–Trinajstić information content (AvgIpc) is 2.27. The van der Waals surface area contributed by atoms with E-state index in [2.05, 4.69) is 5.32 Å². The number of hydrogen-bond donors (Lipinski definition) is 4. The lowest BCUT2D eigenvalue weighted by Crippen LogP contribution is -2.65. The third-order valence-corrected chi connectivity index (χ3v) is 2.54. The van der Waals surface area contributed by atoms with E-state index in [0.29, 0.717) is 0 Å². The number of aliphatic hydroxyl groups excluding tert-OH is 3. The molecule has 1 saturated heterocycles. The second-order valence-electron chi connectivity index (χ2n) is 4.04. The maximum atomic E-state index is 11.0. The van der Waals surface area contributed by atoms with Gasteiger partial charge in [-0.25, -0.2) is 0 Å². The number of hydrogen-bond acceptors (Lipinski definition) is 7. The van der Waals surface area contributed by atoms with Crippen LogP contribution < -0.4 is 5.32 Å². The molecule has 104 valence electrons. The molecule has 1 amide bonds. The fourth-order valence-electron chi connectivity index (χ4n) is 1.80. The minimum atomic E-state index is -1.49. The van der Waals surface area contributed by atoms with Gasteiger partial charge in [0.25, 0.3) is 0 Å². The second kappa shape index (κ2) is 6.10. The Morgan fingerprint density at radius 2 is 1.94 bits per heavy atom. The second-order valence-corrected chi connectivity index (χ2v) is 4.04. The molecule has 0 aromatic rings. The maximum Gasteiger partial charge on any atom is 0.303 e. The highest BCUT2D eigenvalue weighted by Crippen LogP contribution is 2.22. The molecule has 1 fully saturated rings. The Kier molecular flexibility index (Phi) is 5.03. The van der Waals surface area contributed by atoms with E-state index in [1.807, 2.05) is 0 Å². The van der Waals surface area contributed by atoms with E-state index in [0.717, 1.165) is 6.92 Å². The van der Waals surface area contributed by atoms with Gasteiger partial charge in [0.15, 0.2) is 12.4 Å². The van der Waals surface area contributed by atoms with Crippen molar-refractivity contribution in [1.29, 1.82) is 0 Å². The maximum absolute atomic E-state index is 11.0. The van der Waals surface area contributed by atoms with E-state index < -0.39 is 49.1 Å². The number of carbonyl (C=O) groups is 2. The summed E-state index contributed by atoms with van der Waals surface area (Å²) < 4.78 is 9.79. The Balaban J connectivity index is 2.89. The number of nitrogens with one attached hydrogen (secondary N) is 1. The molecule has 0 unspecified atom stereocenters. The zero-order valence-electron chi connectivity index (χ0n) is 10.1. The van der Waals surface area contributed by atoms with Gasteiger partial charge in [0.2, 0.25) is 5.91 Å².